The van der Waals surface area contributed by atoms with E-state index < -0.39 is 11.9 Å². The standard InChI is InChI=1S/C26H19N3O4/c27-14-21-22(17-6-10-19(11-7-17)25(30)31)23(18-8-12-20(13-9-18)26(32)33)29(24(21)28)15-16-4-2-1-3-5-16/h1-13H,15,28H2,(H,30,31)(H,32,33). The summed E-state index contributed by atoms with van der Waals surface area (Å²) in [7, 11) is 0. The lowest BCUT2D eigenvalue weighted by molar-refractivity contribution is 0.0686. The van der Waals surface area contributed by atoms with E-state index in [2.05, 4.69) is 6.07 Å². The molecule has 0 radical (unpaired) electrons. The Morgan fingerprint density at radius 1 is 0.818 bits per heavy atom. The number of hydrogen-bond acceptors (Lipinski definition) is 4. The van der Waals surface area contributed by atoms with E-state index in [9.17, 15) is 25.1 Å². The minimum atomic E-state index is -1.05. The van der Waals surface area contributed by atoms with E-state index in [0.717, 1.165) is 5.56 Å². The molecule has 0 aliphatic rings. The molecule has 4 rings (SSSR count). The van der Waals surface area contributed by atoms with Gasteiger partial charge >= 0.3 is 11.9 Å². The molecule has 3 aromatic carbocycles. The molecule has 0 saturated heterocycles. The normalized spacial score (nSPS) is 10.5. The lowest BCUT2D eigenvalue weighted by Gasteiger charge is -2.14. The van der Waals surface area contributed by atoms with E-state index in [1.54, 1.807) is 24.3 Å². The molecular weight excluding hydrogens is 418 g/mol. The number of nitrogens with zero attached hydrogens (tertiary/aromatic N) is 2. The number of aromatic nitrogens is 1. The number of nitrogens with two attached hydrogens (primary N) is 1. The Balaban J connectivity index is 1.98. The van der Waals surface area contributed by atoms with Crippen LogP contribution in [0.1, 0.15) is 31.8 Å². The maximum atomic E-state index is 11.3. The number of carbonyl (C=O) groups is 2. The van der Waals surface area contributed by atoms with Crippen LogP contribution in [0.3, 0.4) is 0 Å². The Morgan fingerprint density at radius 3 is 1.82 bits per heavy atom. The molecule has 0 fully saturated rings. The number of carboxylic acid groups (broad SMARTS) is 2. The van der Waals surface area contributed by atoms with Gasteiger partial charge < -0.3 is 20.5 Å². The third-order valence-electron chi connectivity index (χ3n) is 5.42. The Bertz CT molecular complexity index is 1380. The molecule has 1 aromatic heterocycles. The number of carboxylic acids is 2. The van der Waals surface area contributed by atoms with Crippen LogP contribution < -0.4 is 5.73 Å². The van der Waals surface area contributed by atoms with Crippen LogP contribution in [-0.2, 0) is 6.54 Å². The molecule has 4 aromatic rings. The lowest BCUT2D eigenvalue weighted by atomic mass is 9.96. The van der Waals surface area contributed by atoms with Crippen LogP contribution in [-0.4, -0.2) is 26.7 Å². The van der Waals surface area contributed by atoms with E-state index in [-0.39, 0.29) is 22.5 Å². The van der Waals surface area contributed by atoms with Gasteiger partial charge in [0, 0.05) is 12.1 Å². The molecule has 0 bridgehead atoms. The smallest absolute Gasteiger partial charge is 0.335 e. The highest BCUT2D eigenvalue weighted by atomic mass is 16.4. The molecule has 0 spiro atoms. The molecule has 0 atom stereocenters. The predicted molar refractivity (Wildman–Crippen MR) is 124 cm³/mol. The van der Waals surface area contributed by atoms with Gasteiger partial charge in [-0.3, -0.25) is 0 Å². The Labute approximate surface area is 189 Å². The van der Waals surface area contributed by atoms with Gasteiger partial charge in [0.25, 0.3) is 0 Å². The van der Waals surface area contributed by atoms with Crippen LogP contribution in [0, 0.1) is 11.3 Å². The highest BCUT2D eigenvalue weighted by molar-refractivity contribution is 5.94. The third-order valence-corrected chi connectivity index (χ3v) is 5.42. The second-order valence-electron chi connectivity index (χ2n) is 7.43. The van der Waals surface area contributed by atoms with E-state index >= 15 is 0 Å². The molecule has 1 heterocycles. The van der Waals surface area contributed by atoms with Gasteiger partial charge in [-0.25, -0.2) is 9.59 Å². The first-order valence-corrected chi connectivity index (χ1v) is 10.0. The number of hydrogen-bond donors (Lipinski definition) is 3. The molecule has 0 aliphatic heterocycles. The van der Waals surface area contributed by atoms with Crippen LogP contribution >= 0.6 is 0 Å². The third kappa shape index (κ3) is 4.05. The number of nitriles is 1. The Morgan fingerprint density at radius 2 is 1.33 bits per heavy atom. The average molecular weight is 437 g/mol. The summed E-state index contributed by atoms with van der Waals surface area (Å²) >= 11 is 0. The molecule has 0 unspecified atom stereocenters. The van der Waals surface area contributed by atoms with Crippen LogP contribution in [0.5, 0.6) is 0 Å². The Hall–Kier alpha value is -4.83. The largest absolute Gasteiger partial charge is 0.478 e. The van der Waals surface area contributed by atoms with Crippen molar-refractivity contribution in [3.63, 3.8) is 0 Å². The predicted octanol–water partition coefficient (Wildman–Crippen LogP) is 4.72. The first-order chi connectivity index (χ1) is 15.9. The Kier molecular flexibility index (Phi) is 5.66. The molecule has 7 nitrogen and oxygen atoms in total. The van der Waals surface area contributed by atoms with Crippen LogP contribution in [0.2, 0.25) is 0 Å². The fourth-order valence-corrected chi connectivity index (χ4v) is 3.81. The number of aromatic carboxylic acids is 2. The van der Waals surface area contributed by atoms with E-state index in [1.165, 1.54) is 24.3 Å². The number of nitrogen functional groups attached to an aromatic ring is 1. The highest BCUT2D eigenvalue weighted by Crippen LogP contribution is 2.41. The SMILES string of the molecule is N#Cc1c(-c2ccc(C(=O)O)cc2)c(-c2ccc(C(=O)O)cc2)n(Cc2ccccc2)c1N. The van der Waals surface area contributed by atoms with Crippen molar-refractivity contribution in [1.29, 1.82) is 5.26 Å². The number of benzene rings is 3. The van der Waals surface area contributed by atoms with Crippen molar-refractivity contribution in [2.24, 2.45) is 0 Å². The second-order valence-corrected chi connectivity index (χ2v) is 7.43. The van der Waals surface area contributed by atoms with Crippen molar-refractivity contribution in [3.8, 4) is 28.5 Å². The summed E-state index contributed by atoms with van der Waals surface area (Å²) in [6, 6.07) is 24.4. The minimum absolute atomic E-state index is 0.126. The fraction of sp³-hybridized carbons (Fsp3) is 0.0385. The quantitative estimate of drug-likeness (QED) is 0.400. The monoisotopic (exact) mass is 437 g/mol. The van der Waals surface area contributed by atoms with Crippen molar-refractivity contribution < 1.29 is 19.8 Å². The average Bonchev–Trinajstić information content (AvgIpc) is 3.11. The molecule has 33 heavy (non-hydrogen) atoms. The molecule has 0 saturated carbocycles. The summed E-state index contributed by atoms with van der Waals surface area (Å²) in [5.41, 5.74) is 10.5. The van der Waals surface area contributed by atoms with Gasteiger partial charge in [-0.2, -0.15) is 5.26 Å². The van der Waals surface area contributed by atoms with Crippen molar-refractivity contribution >= 4 is 17.8 Å². The summed E-state index contributed by atoms with van der Waals surface area (Å²) in [5, 5.41) is 28.5. The topological polar surface area (TPSA) is 129 Å². The fourth-order valence-electron chi connectivity index (χ4n) is 3.81. The zero-order valence-electron chi connectivity index (χ0n) is 17.4. The van der Waals surface area contributed by atoms with Gasteiger partial charge in [0.15, 0.2) is 0 Å². The van der Waals surface area contributed by atoms with Crippen molar-refractivity contribution in [1.82, 2.24) is 4.57 Å². The maximum absolute atomic E-state index is 11.3. The van der Waals surface area contributed by atoms with Crippen molar-refractivity contribution in [3.05, 3.63) is 101 Å². The summed E-state index contributed by atoms with van der Waals surface area (Å²) in [4.78, 5) is 22.6. The van der Waals surface area contributed by atoms with Gasteiger partial charge in [-0.1, -0.05) is 54.6 Å². The highest BCUT2D eigenvalue weighted by Gasteiger charge is 2.24. The van der Waals surface area contributed by atoms with Gasteiger partial charge in [0.2, 0.25) is 0 Å². The van der Waals surface area contributed by atoms with Crippen molar-refractivity contribution in [2.45, 2.75) is 6.54 Å². The lowest BCUT2D eigenvalue weighted by Crippen LogP contribution is -2.06. The van der Waals surface area contributed by atoms with Gasteiger partial charge in [0.05, 0.1) is 16.8 Å². The first-order valence-electron chi connectivity index (χ1n) is 10.0. The molecule has 0 amide bonds. The molecule has 162 valence electrons. The summed E-state index contributed by atoms with van der Waals surface area (Å²) in [6.45, 7) is 0.393. The zero-order chi connectivity index (χ0) is 23.5. The minimum Gasteiger partial charge on any atom is -0.478 e. The number of anilines is 1. The van der Waals surface area contributed by atoms with Crippen LogP contribution in [0.15, 0.2) is 78.9 Å². The second kappa shape index (κ2) is 8.73. The van der Waals surface area contributed by atoms with E-state index in [4.69, 9.17) is 5.73 Å². The van der Waals surface area contributed by atoms with Crippen LogP contribution in [0.25, 0.3) is 22.4 Å². The van der Waals surface area contributed by atoms with E-state index in [1.807, 2.05) is 34.9 Å². The maximum Gasteiger partial charge on any atom is 0.335 e. The summed E-state index contributed by atoms with van der Waals surface area (Å²) in [5.74, 6) is -1.81. The molecule has 4 N–H and O–H groups in total. The summed E-state index contributed by atoms with van der Waals surface area (Å²) in [6.07, 6.45) is 0. The van der Waals surface area contributed by atoms with Gasteiger partial charge in [-0.05, 0) is 41.0 Å². The van der Waals surface area contributed by atoms with E-state index in [0.29, 0.717) is 28.9 Å². The van der Waals surface area contributed by atoms with Gasteiger partial charge in [0.1, 0.15) is 17.5 Å². The number of rotatable bonds is 6. The summed E-state index contributed by atoms with van der Waals surface area (Å²) < 4.78 is 1.82. The van der Waals surface area contributed by atoms with Crippen molar-refractivity contribution in [2.75, 3.05) is 5.73 Å². The molecular formula is C26H19N3O4. The zero-order valence-corrected chi connectivity index (χ0v) is 17.4. The first kappa shape index (κ1) is 21.4. The van der Waals surface area contributed by atoms with Gasteiger partial charge in [-0.15, -0.1) is 0 Å². The van der Waals surface area contributed by atoms with Crippen LogP contribution in [0.4, 0.5) is 5.82 Å². The molecule has 0 aliphatic carbocycles. The molecule has 7 heteroatoms.